The van der Waals surface area contributed by atoms with Crippen molar-refractivity contribution in [2.75, 3.05) is 0 Å². The zero-order valence-electron chi connectivity index (χ0n) is 4.57. The van der Waals surface area contributed by atoms with E-state index in [0.717, 1.165) is 0 Å². The van der Waals surface area contributed by atoms with Crippen LogP contribution in [0.5, 0.6) is 0 Å². The number of allylic oxidation sites excluding steroid dienone is 2. The molecule has 0 aromatic carbocycles. The lowest BCUT2D eigenvalue weighted by Crippen LogP contribution is -1.97. The number of carbonyl (C=O) groups excluding carboxylic acids is 1. The van der Waals surface area contributed by atoms with Gasteiger partial charge in [-0.1, -0.05) is 23.2 Å². The van der Waals surface area contributed by atoms with Crippen LogP contribution < -0.4 is 0 Å². The molecule has 56 valence electrons. The van der Waals surface area contributed by atoms with Crippen molar-refractivity contribution in [1.82, 2.24) is 0 Å². The van der Waals surface area contributed by atoms with Crippen LogP contribution in [-0.4, -0.2) is 5.78 Å². The topological polar surface area (TPSA) is 17.1 Å². The summed E-state index contributed by atoms with van der Waals surface area (Å²) < 4.78 is 24.0. The van der Waals surface area contributed by atoms with Crippen LogP contribution in [-0.2, 0) is 4.79 Å². The van der Waals surface area contributed by atoms with Gasteiger partial charge >= 0.3 is 0 Å². The third-order valence-corrected chi connectivity index (χ3v) is 1.01. The number of rotatable bonds is 2. The summed E-state index contributed by atoms with van der Waals surface area (Å²) in [6.07, 6.45) is 0. The predicted molar refractivity (Wildman–Crippen MR) is 35.1 cm³/mol. The predicted octanol–water partition coefficient (Wildman–Crippen LogP) is 2.65. The Kier molecular flexibility index (Phi) is 4.23. The van der Waals surface area contributed by atoms with Gasteiger partial charge in [0.25, 0.3) is 5.78 Å². The molecule has 0 aliphatic carbocycles. The van der Waals surface area contributed by atoms with Crippen LogP contribution in [0.25, 0.3) is 0 Å². The Labute approximate surface area is 65.9 Å². The molecule has 0 spiro atoms. The fourth-order valence-corrected chi connectivity index (χ4v) is 0.411. The maximum Gasteiger partial charge on any atom is 0.251 e. The van der Waals surface area contributed by atoms with E-state index >= 15 is 0 Å². The first-order valence-corrected chi connectivity index (χ1v) is 2.97. The molecule has 0 aliphatic heterocycles. The van der Waals surface area contributed by atoms with Gasteiger partial charge in [-0.05, 0) is 0 Å². The molecule has 1 nitrogen and oxygen atoms in total. The summed E-state index contributed by atoms with van der Waals surface area (Å²) in [6.45, 7) is 0. The lowest BCUT2D eigenvalue weighted by molar-refractivity contribution is -0.114. The van der Waals surface area contributed by atoms with Crippen LogP contribution in [0.4, 0.5) is 8.78 Å². The lowest BCUT2D eigenvalue weighted by atomic mass is 10.3. The van der Waals surface area contributed by atoms with Crippen LogP contribution in [0.15, 0.2) is 22.7 Å². The van der Waals surface area contributed by atoms with Gasteiger partial charge in [0.1, 0.15) is 0 Å². The molecular formula is C5H2Cl2F2O. The van der Waals surface area contributed by atoms with Crippen LogP contribution in [0, 0.1) is 0 Å². The number of ketones is 1. The van der Waals surface area contributed by atoms with Gasteiger partial charge in [-0.3, -0.25) is 4.79 Å². The van der Waals surface area contributed by atoms with E-state index in [1.54, 1.807) is 0 Å². The van der Waals surface area contributed by atoms with Crippen molar-refractivity contribution in [3.63, 3.8) is 0 Å². The summed E-state index contributed by atoms with van der Waals surface area (Å²) in [5, 5.41) is 0. The van der Waals surface area contributed by atoms with E-state index < -0.39 is 17.4 Å². The maximum atomic E-state index is 12.0. The molecule has 0 rings (SSSR count). The quantitative estimate of drug-likeness (QED) is 0.607. The second-order valence-corrected chi connectivity index (χ2v) is 1.68. The zero-order valence-corrected chi connectivity index (χ0v) is 6.09. The highest BCUT2D eigenvalue weighted by Gasteiger charge is 2.13. The molecule has 0 bridgehead atoms. The summed E-state index contributed by atoms with van der Waals surface area (Å²) in [6, 6.07) is 0. The minimum Gasteiger partial charge on any atom is -0.283 e. The summed E-state index contributed by atoms with van der Waals surface area (Å²) in [4.78, 5) is 10.2. The third kappa shape index (κ3) is 2.45. The minimum absolute atomic E-state index is 0.336. The second-order valence-electron chi connectivity index (χ2n) is 1.24. The number of hydrogen-bond donors (Lipinski definition) is 0. The summed E-state index contributed by atoms with van der Waals surface area (Å²) in [7, 11) is 0. The van der Waals surface area contributed by atoms with Gasteiger partial charge in [-0.2, -0.15) is 0 Å². The average Bonchev–Trinajstić information content (AvgIpc) is 2.00. The summed E-state index contributed by atoms with van der Waals surface area (Å²) in [5.74, 6) is -4.21. The molecule has 0 atom stereocenters. The Bertz CT molecular complexity index is 178. The van der Waals surface area contributed by atoms with E-state index in [-0.39, 0.29) is 0 Å². The van der Waals surface area contributed by atoms with Gasteiger partial charge in [0, 0.05) is 11.1 Å². The van der Waals surface area contributed by atoms with Crippen molar-refractivity contribution < 1.29 is 13.6 Å². The van der Waals surface area contributed by atoms with Crippen molar-refractivity contribution in [3.8, 4) is 0 Å². The molecule has 0 aliphatic rings. The molecule has 0 saturated heterocycles. The van der Waals surface area contributed by atoms with Gasteiger partial charge in [0.05, 0.1) is 0 Å². The minimum atomic E-state index is -1.45. The Balaban J connectivity index is 4.39. The average molecular weight is 187 g/mol. The Morgan fingerprint density at radius 2 is 1.40 bits per heavy atom. The van der Waals surface area contributed by atoms with Gasteiger partial charge in [0.15, 0.2) is 11.7 Å². The van der Waals surface area contributed by atoms with Crippen molar-refractivity contribution >= 4 is 29.0 Å². The monoisotopic (exact) mass is 186 g/mol. The smallest absolute Gasteiger partial charge is 0.251 e. The third-order valence-electron chi connectivity index (χ3n) is 0.625. The van der Waals surface area contributed by atoms with Crippen LogP contribution in [0.2, 0.25) is 0 Å². The molecule has 5 heteroatoms. The fraction of sp³-hybridized carbons (Fsp3) is 0. The summed E-state index contributed by atoms with van der Waals surface area (Å²) in [5.41, 5.74) is 0.671. The molecule has 0 fully saturated rings. The first kappa shape index (κ1) is 9.59. The number of hydrogen-bond acceptors (Lipinski definition) is 1. The van der Waals surface area contributed by atoms with Gasteiger partial charge in [-0.15, -0.1) is 0 Å². The van der Waals surface area contributed by atoms with E-state index in [1.165, 1.54) is 0 Å². The van der Waals surface area contributed by atoms with Crippen molar-refractivity contribution in [2.24, 2.45) is 0 Å². The fourth-order valence-electron chi connectivity index (χ4n) is 0.213. The van der Waals surface area contributed by atoms with Gasteiger partial charge in [0.2, 0.25) is 0 Å². The Hall–Kier alpha value is -0.410. The Morgan fingerprint density at radius 1 is 1.10 bits per heavy atom. The molecule has 0 aromatic heterocycles. The molecule has 0 unspecified atom stereocenters. The van der Waals surface area contributed by atoms with E-state index in [4.69, 9.17) is 23.2 Å². The normalized spacial score (nSPS) is 13.6. The first-order chi connectivity index (χ1) is 4.63. The van der Waals surface area contributed by atoms with Crippen LogP contribution in [0.3, 0.4) is 0 Å². The second kappa shape index (κ2) is 4.41. The van der Waals surface area contributed by atoms with Crippen molar-refractivity contribution in [3.05, 3.63) is 22.7 Å². The SMILES string of the molecule is O=C(C(F)=CCl)C(F)=CCl. The van der Waals surface area contributed by atoms with Gasteiger partial charge in [-0.25, -0.2) is 8.78 Å². The molecule has 0 aromatic rings. The molecule has 0 saturated carbocycles. The van der Waals surface area contributed by atoms with E-state index in [1.807, 2.05) is 0 Å². The highest BCUT2D eigenvalue weighted by Crippen LogP contribution is 2.10. The molecular weight excluding hydrogens is 185 g/mol. The van der Waals surface area contributed by atoms with E-state index in [2.05, 4.69) is 0 Å². The number of Topliss-reactive ketones (excluding diaryl/α,β-unsaturated/α-hetero) is 1. The molecule has 0 N–H and O–H groups in total. The Morgan fingerprint density at radius 3 is 1.60 bits per heavy atom. The molecule has 0 heterocycles. The lowest BCUT2D eigenvalue weighted by Gasteiger charge is -1.88. The zero-order chi connectivity index (χ0) is 8.15. The molecule has 0 amide bonds. The first-order valence-electron chi connectivity index (χ1n) is 2.10. The van der Waals surface area contributed by atoms with Gasteiger partial charge < -0.3 is 0 Å². The molecule has 0 radical (unpaired) electrons. The van der Waals surface area contributed by atoms with Crippen molar-refractivity contribution in [1.29, 1.82) is 0 Å². The number of halogens is 4. The van der Waals surface area contributed by atoms with Crippen LogP contribution in [0.1, 0.15) is 0 Å². The maximum absolute atomic E-state index is 12.0. The van der Waals surface area contributed by atoms with Crippen LogP contribution >= 0.6 is 23.2 Å². The summed E-state index contributed by atoms with van der Waals surface area (Å²) >= 11 is 9.51. The highest BCUT2D eigenvalue weighted by molar-refractivity contribution is 6.30. The van der Waals surface area contributed by atoms with E-state index in [9.17, 15) is 13.6 Å². The largest absolute Gasteiger partial charge is 0.283 e. The molecule has 10 heavy (non-hydrogen) atoms. The van der Waals surface area contributed by atoms with Crippen molar-refractivity contribution in [2.45, 2.75) is 0 Å². The standard InChI is InChI=1S/C5H2Cl2F2O/c6-1-3(8)5(10)4(9)2-7/h1-2H. The highest BCUT2D eigenvalue weighted by atomic mass is 35.5. The number of carbonyl (C=O) groups is 1. The van der Waals surface area contributed by atoms with E-state index in [0.29, 0.717) is 11.1 Å².